The Morgan fingerprint density at radius 1 is 1.21 bits per heavy atom. The molecule has 2 aromatic rings. The smallest absolute Gasteiger partial charge is 0.338 e. The molecule has 0 unspecified atom stereocenters. The minimum atomic E-state index is -0.330. The molecular formula is C16H19NO2. The molecule has 0 spiro atoms. The van der Waals surface area contributed by atoms with Crippen LogP contribution >= 0.6 is 0 Å². The standard InChI is InChI=1S/C14H13NO2.C2H6/c1-10-5-6-12(14(16)17-2)13(8-10)11-4-3-7-15-9-11;1-2/h3-9H,1-2H3;1-2H3. The zero-order chi connectivity index (χ0) is 14.3. The van der Waals surface area contributed by atoms with E-state index in [1.807, 2.05) is 45.0 Å². The highest BCUT2D eigenvalue weighted by atomic mass is 16.5. The second-order valence-corrected chi connectivity index (χ2v) is 3.78. The van der Waals surface area contributed by atoms with Crippen LogP contribution in [0.5, 0.6) is 0 Å². The minimum absolute atomic E-state index is 0.330. The molecule has 0 fully saturated rings. The van der Waals surface area contributed by atoms with Gasteiger partial charge in [-0.2, -0.15) is 0 Å². The van der Waals surface area contributed by atoms with E-state index < -0.39 is 0 Å². The van der Waals surface area contributed by atoms with Gasteiger partial charge in [0.05, 0.1) is 12.7 Å². The Morgan fingerprint density at radius 3 is 2.53 bits per heavy atom. The van der Waals surface area contributed by atoms with Crippen molar-refractivity contribution >= 4 is 5.97 Å². The molecule has 3 nitrogen and oxygen atoms in total. The fourth-order valence-electron chi connectivity index (χ4n) is 1.71. The van der Waals surface area contributed by atoms with Crippen LogP contribution in [-0.2, 0) is 4.74 Å². The average Bonchev–Trinajstić information content (AvgIpc) is 2.49. The van der Waals surface area contributed by atoms with E-state index in [9.17, 15) is 4.79 Å². The Hall–Kier alpha value is -2.16. The molecule has 2 rings (SSSR count). The molecule has 0 bridgehead atoms. The predicted octanol–water partition coefficient (Wildman–Crippen LogP) is 3.87. The van der Waals surface area contributed by atoms with Crippen molar-refractivity contribution in [1.29, 1.82) is 0 Å². The van der Waals surface area contributed by atoms with Gasteiger partial charge in [0.1, 0.15) is 0 Å². The first kappa shape index (κ1) is 14.9. The molecule has 1 heterocycles. The first-order valence-corrected chi connectivity index (χ1v) is 6.31. The molecule has 0 radical (unpaired) electrons. The van der Waals surface area contributed by atoms with E-state index in [4.69, 9.17) is 4.74 Å². The van der Waals surface area contributed by atoms with E-state index in [2.05, 4.69) is 4.98 Å². The van der Waals surface area contributed by atoms with Crippen molar-refractivity contribution in [1.82, 2.24) is 4.98 Å². The molecule has 0 atom stereocenters. The summed E-state index contributed by atoms with van der Waals surface area (Å²) >= 11 is 0. The van der Waals surface area contributed by atoms with Crippen LogP contribution in [0.25, 0.3) is 11.1 Å². The summed E-state index contributed by atoms with van der Waals surface area (Å²) in [6, 6.07) is 9.41. The van der Waals surface area contributed by atoms with Gasteiger partial charge in [-0.3, -0.25) is 4.98 Å². The third-order valence-corrected chi connectivity index (χ3v) is 2.55. The molecule has 0 aliphatic heterocycles. The summed E-state index contributed by atoms with van der Waals surface area (Å²) in [5, 5.41) is 0. The van der Waals surface area contributed by atoms with Gasteiger partial charge in [0.2, 0.25) is 0 Å². The summed E-state index contributed by atoms with van der Waals surface area (Å²) in [5.41, 5.74) is 3.42. The largest absolute Gasteiger partial charge is 0.465 e. The second kappa shape index (κ2) is 7.31. The molecule has 0 aliphatic carbocycles. The van der Waals surface area contributed by atoms with Crippen molar-refractivity contribution in [2.75, 3.05) is 7.11 Å². The number of carbonyl (C=O) groups excluding carboxylic acids is 1. The summed E-state index contributed by atoms with van der Waals surface area (Å²) in [5.74, 6) is -0.330. The number of methoxy groups -OCH3 is 1. The Bertz CT molecular complexity index is 536. The van der Waals surface area contributed by atoms with Crippen molar-refractivity contribution in [3.8, 4) is 11.1 Å². The topological polar surface area (TPSA) is 39.2 Å². The quantitative estimate of drug-likeness (QED) is 0.767. The summed E-state index contributed by atoms with van der Waals surface area (Å²) in [6.45, 7) is 5.99. The zero-order valence-electron chi connectivity index (χ0n) is 11.8. The number of pyridine rings is 1. The number of esters is 1. The normalized spacial score (nSPS) is 9.26. The number of hydrogen-bond acceptors (Lipinski definition) is 3. The lowest BCUT2D eigenvalue weighted by Gasteiger charge is -2.08. The van der Waals surface area contributed by atoms with Crippen molar-refractivity contribution < 1.29 is 9.53 Å². The fourth-order valence-corrected chi connectivity index (χ4v) is 1.71. The van der Waals surface area contributed by atoms with Crippen LogP contribution in [0, 0.1) is 6.92 Å². The number of ether oxygens (including phenoxy) is 1. The second-order valence-electron chi connectivity index (χ2n) is 3.78. The maximum atomic E-state index is 11.7. The minimum Gasteiger partial charge on any atom is -0.465 e. The van der Waals surface area contributed by atoms with Crippen LogP contribution in [0.2, 0.25) is 0 Å². The number of carbonyl (C=O) groups is 1. The van der Waals surface area contributed by atoms with Crippen molar-refractivity contribution in [2.45, 2.75) is 20.8 Å². The van der Waals surface area contributed by atoms with Gasteiger partial charge in [-0.15, -0.1) is 0 Å². The number of aryl methyl sites for hydroxylation is 1. The van der Waals surface area contributed by atoms with E-state index >= 15 is 0 Å². The van der Waals surface area contributed by atoms with E-state index in [0.29, 0.717) is 5.56 Å². The summed E-state index contributed by atoms with van der Waals surface area (Å²) < 4.78 is 4.78. The maximum absolute atomic E-state index is 11.7. The third kappa shape index (κ3) is 3.65. The van der Waals surface area contributed by atoms with Crippen LogP contribution in [0.1, 0.15) is 29.8 Å². The Kier molecular flexibility index (Phi) is 5.73. The molecule has 100 valence electrons. The van der Waals surface area contributed by atoms with Crippen LogP contribution in [0.15, 0.2) is 42.7 Å². The van der Waals surface area contributed by atoms with E-state index in [-0.39, 0.29) is 5.97 Å². The lowest BCUT2D eigenvalue weighted by Crippen LogP contribution is -2.03. The van der Waals surface area contributed by atoms with Crippen molar-refractivity contribution in [3.63, 3.8) is 0 Å². The molecule has 0 amide bonds. The predicted molar refractivity (Wildman–Crippen MR) is 77.1 cm³/mol. The molecular weight excluding hydrogens is 238 g/mol. The lowest BCUT2D eigenvalue weighted by molar-refractivity contribution is 0.0601. The van der Waals surface area contributed by atoms with Crippen LogP contribution < -0.4 is 0 Å². The van der Waals surface area contributed by atoms with Crippen LogP contribution in [0.3, 0.4) is 0 Å². The maximum Gasteiger partial charge on any atom is 0.338 e. The van der Waals surface area contributed by atoms with Crippen LogP contribution in [0.4, 0.5) is 0 Å². The number of hydrogen-bond donors (Lipinski definition) is 0. The number of aromatic nitrogens is 1. The highest BCUT2D eigenvalue weighted by Crippen LogP contribution is 2.24. The molecule has 1 aromatic carbocycles. The van der Waals surface area contributed by atoms with Crippen molar-refractivity contribution in [2.24, 2.45) is 0 Å². The van der Waals surface area contributed by atoms with Gasteiger partial charge in [0.25, 0.3) is 0 Å². The van der Waals surface area contributed by atoms with Gasteiger partial charge in [0.15, 0.2) is 0 Å². The van der Waals surface area contributed by atoms with Gasteiger partial charge in [-0.1, -0.05) is 37.6 Å². The van der Waals surface area contributed by atoms with E-state index in [1.54, 1.807) is 18.5 Å². The SMILES string of the molecule is CC.COC(=O)c1ccc(C)cc1-c1cccnc1. The monoisotopic (exact) mass is 257 g/mol. The number of nitrogens with zero attached hydrogens (tertiary/aromatic N) is 1. The van der Waals surface area contributed by atoms with Gasteiger partial charge >= 0.3 is 5.97 Å². The highest BCUT2D eigenvalue weighted by Gasteiger charge is 2.13. The van der Waals surface area contributed by atoms with Crippen molar-refractivity contribution in [3.05, 3.63) is 53.9 Å². The van der Waals surface area contributed by atoms with Gasteiger partial charge in [-0.25, -0.2) is 4.79 Å². The van der Waals surface area contributed by atoms with Gasteiger partial charge in [-0.05, 0) is 24.6 Å². The first-order valence-electron chi connectivity index (χ1n) is 6.31. The third-order valence-electron chi connectivity index (χ3n) is 2.55. The molecule has 0 saturated carbocycles. The van der Waals surface area contributed by atoms with Crippen LogP contribution in [-0.4, -0.2) is 18.1 Å². The Morgan fingerprint density at radius 2 is 1.95 bits per heavy atom. The van der Waals surface area contributed by atoms with Gasteiger partial charge in [0, 0.05) is 18.0 Å². The average molecular weight is 257 g/mol. The van der Waals surface area contributed by atoms with E-state index in [1.165, 1.54) is 7.11 Å². The molecule has 3 heteroatoms. The lowest BCUT2D eigenvalue weighted by atomic mass is 9.99. The fraction of sp³-hybridized carbons (Fsp3) is 0.250. The summed E-state index contributed by atoms with van der Waals surface area (Å²) in [7, 11) is 1.38. The summed E-state index contributed by atoms with van der Waals surface area (Å²) in [6.07, 6.45) is 3.44. The number of benzene rings is 1. The Labute approximate surface area is 114 Å². The summed E-state index contributed by atoms with van der Waals surface area (Å²) in [4.78, 5) is 15.7. The zero-order valence-corrected chi connectivity index (χ0v) is 11.8. The van der Waals surface area contributed by atoms with E-state index in [0.717, 1.165) is 16.7 Å². The number of rotatable bonds is 2. The molecule has 1 aromatic heterocycles. The highest BCUT2D eigenvalue weighted by molar-refractivity contribution is 5.97. The Balaban J connectivity index is 0.000000861. The first-order chi connectivity index (χ1) is 9.22. The molecule has 0 saturated heterocycles. The molecule has 0 N–H and O–H groups in total. The molecule has 0 aliphatic rings. The molecule has 19 heavy (non-hydrogen) atoms. The van der Waals surface area contributed by atoms with Gasteiger partial charge < -0.3 is 4.74 Å².